The van der Waals surface area contributed by atoms with Crippen molar-refractivity contribution < 1.29 is 0 Å². The third-order valence-corrected chi connectivity index (χ3v) is 3.84. The number of aromatic nitrogens is 1. The smallest absolute Gasteiger partial charge is 0.0638 e. The summed E-state index contributed by atoms with van der Waals surface area (Å²) in [6.45, 7) is 4.26. The summed E-state index contributed by atoms with van der Waals surface area (Å²) in [6, 6.07) is 8.51. The fraction of sp³-hybridized carbons (Fsp3) is 0.214. The largest absolute Gasteiger partial charge is 0.397 e. The molecule has 0 saturated carbocycles. The first-order valence-corrected chi connectivity index (χ1v) is 6.54. The molecule has 0 fully saturated rings. The van der Waals surface area contributed by atoms with Gasteiger partial charge in [-0.1, -0.05) is 23.8 Å². The monoisotopic (exact) mass is 244 g/mol. The van der Waals surface area contributed by atoms with E-state index in [-0.39, 0.29) is 0 Å². The lowest BCUT2D eigenvalue weighted by molar-refractivity contribution is 1.25. The Morgan fingerprint density at radius 2 is 2.06 bits per heavy atom. The Morgan fingerprint density at radius 1 is 1.24 bits per heavy atom. The van der Waals surface area contributed by atoms with E-state index in [1.54, 1.807) is 24.2 Å². The van der Waals surface area contributed by atoms with Gasteiger partial charge in [0.1, 0.15) is 0 Å². The quantitative estimate of drug-likeness (QED) is 0.839. The van der Waals surface area contributed by atoms with Gasteiger partial charge in [0.2, 0.25) is 0 Å². The van der Waals surface area contributed by atoms with Gasteiger partial charge in [-0.25, -0.2) is 0 Å². The summed E-state index contributed by atoms with van der Waals surface area (Å²) in [6.07, 6.45) is 3.48. The first-order chi connectivity index (χ1) is 8.16. The molecule has 0 aliphatic carbocycles. The molecular formula is C14H16N2S. The zero-order valence-corrected chi connectivity index (χ0v) is 10.9. The zero-order valence-electron chi connectivity index (χ0n) is 10.1. The van der Waals surface area contributed by atoms with Crippen LogP contribution in [0.3, 0.4) is 0 Å². The SMILES string of the molecule is Cc1ccc(C)c(CSc2ccncc2N)c1. The molecule has 1 aromatic carbocycles. The van der Waals surface area contributed by atoms with E-state index in [2.05, 4.69) is 37.0 Å². The predicted molar refractivity (Wildman–Crippen MR) is 74.1 cm³/mol. The molecule has 0 atom stereocenters. The highest BCUT2D eigenvalue weighted by Gasteiger charge is 2.03. The fourth-order valence-electron chi connectivity index (χ4n) is 1.64. The molecule has 2 N–H and O–H groups in total. The lowest BCUT2D eigenvalue weighted by atomic mass is 10.1. The van der Waals surface area contributed by atoms with Crippen LogP contribution in [0.5, 0.6) is 0 Å². The van der Waals surface area contributed by atoms with Crippen molar-refractivity contribution in [2.24, 2.45) is 0 Å². The Morgan fingerprint density at radius 3 is 2.82 bits per heavy atom. The van der Waals surface area contributed by atoms with Crippen molar-refractivity contribution in [3.8, 4) is 0 Å². The van der Waals surface area contributed by atoms with Crippen LogP contribution in [0.25, 0.3) is 0 Å². The Hall–Kier alpha value is -1.48. The third-order valence-electron chi connectivity index (χ3n) is 2.70. The van der Waals surface area contributed by atoms with Crippen LogP contribution in [0.4, 0.5) is 5.69 Å². The van der Waals surface area contributed by atoms with Crippen LogP contribution in [-0.2, 0) is 5.75 Å². The van der Waals surface area contributed by atoms with E-state index in [4.69, 9.17) is 5.73 Å². The van der Waals surface area contributed by atoms with E-state index in [0.29, 0.717) is 0 Å². The lowest BCUT2D eigenvalue weighted by Gasteiger charge is -2.08. The molecule has 0 aliphatic rings. The Labute approximate surface area is 106 Å². The highest BCUT2D eigenvalue weighted by atomic mass is 32.2. The minimum atomic E-state index is 0.753. The summed E-state index contributed by atoms with van der Waals surface area (Å²) in [5.74, 6) is 0.946. The summed E-state index contributed by atoms with van der Waals surface area (Å²) < 4.78 is 0. The second-order valence-electron chi connectivity index (χ2n) is 4.13. The van der Waals surface area contributed by atoms with E-state index in [1.807, 2.05) is 6.07 Å². The minimum absolute atomic E-state index is 0.753. The Balaban J connectivity index is 2.12. The molecule has 3 heteroatoms. The zero-order chi connectivity index (χ0) is 12.3. The molecule has 0 radical (unpaired) electrons. The molecule has 17 heavy (non-hydrogen) atoms. The molecule has 1 aromatic heterocycles. The number of aryl methyl sites for hydroxylation is 2. The van der Waals surface area contributed by atoms with Crippen LogP contribution < -0.4 is 5.73 Å². The Bertz CT molecular complexity index is 523. The van der Waals surface area contributed by atoms with Crippen LogP contribution in [0.1, 0.15) is 16.7 Å². The molecule has 0 spiro atoms. The van der Waals surface area contributed by atoms with Crippen LogP contribution in [0.2, 0.25) is 0 Å². The lowest BCUT2D eigenvalue weighted by Crippen LogP contribution is -1.91. The van der Waals surface area contributed by atoms with Gasteiger partial charge in [-0.05, 0) is 31.0 Å². The molecule has 2 rings (SSSR count). The number of hydrogen-bond donors (Lipinski definition) is 1. The molecule has 2 aromatic rings. The van der Waals surface area contributed by atoms with Gasteiger partial charge in [-0.3, -0.25) is 4.98 Å². The number of rotatable bonds is 3. The molecule has 0 amide bonds. The normalized spacial score (nSPS) is 10.5. The number of nitrogens with two attached hydrogens (primary N) is 1. The van der Waals surface area contributed by atoms with E-state index < -0.39 is 0 Å². The standard InChI is InChI=1S/C14H16N2S/c1-10-3-4-11(2)12(7-10)9-17-14-5-6-16-8-13(14)15/h3-8H,9,15H2,1-2H3. The topological polar surface area (TPSA) is 38.9 Å². The van der Waals surface area contributed by atoms with Crippen molar-refractivity contribution in [2.75, 3.05) is 5.73 Å². The third kappa shape index (κ3) is 3.01. The van der Waals surface area contributed by atoms with Gasteiger partial charge in [-0.15, -0.1) is 11.8 Å². The summed E-state index contributed by atoms with van der Waals surface area (Å²) in [5, 5.41) is 0. The molecule has 1 heterocycles. The number of hydrogen-bond acceptors (Lipinski definition) is 3. The molecular weight excluding hydrogens is 228 g/mol. The van der Waals surface area contributed by atoms with Crippen LogP contribution in [0, 0.1) is 13.8 Å². The van der Waals surface area contributed by atoms with Crippen LogP contribution >= 0.6 is 11.8 Å². The molecule has 0 saturated heterocycles. The first kappa shape index (κ1) is 12.0. The van der Waals surface area contributed by atoms with Gasteiger partial charge < -0.3 is 5.73 Å². The van der Waals surface area contributed by atoms with Gasteiger partial charge >= 0.3 is 0 Å². The van der Waals surface area contributed by atoms with Crippen molar-refractivity contribution in [3.63, 3.8) is 0 Å². The maximum atomic E-state index is 5.87. The predicted octanol–water partition coefficient (Wildman–Crippen LogP) is 3.57. The molecule has 0 unspecified atom stereocenters. The van der Waals surface area contributed by atoms with Gasteiger partial charge in [0.15, 0.2) is 0 Å². The highest BCUT2D eigenvalue weighted by molar-refractivity contribution is 7.98. The van der Waals surface area contributed by atoms with Crippen LogP contribution in [-0.4, -0.2) is 4.98 Å². The van der Waals surface area contributed by atoms with E-state index in [0.717, 1.165) is 16.3 Å². The van der Waals surface area contributed by atoms with E-state index in [9.17, 15) is 0 Å². The van der Waals surface area contributed by atoms with Gasteiger partial charge in [0.25, 0.3) is 0 Å². The number of benzene rings is 1. The summed E-state index contributed by atoms with van der Waals surface area (Å²) >= 11 is 1.76. The first-order valence-electron chi connectivity index (χ1n) is 5.55. The second-order valence-corrected chi connectivity index (χ2v) is 5.15. The van der Waals surface area contributed by atoms with Gasteiger partial charge in [-0.2, -0.15) is 0 Å². The second kappa shape index (κ2) is 5.23. The maximum Gasteiger partial charge on any atom is 0.0638 e. The average molecular weight is 244 g/mol. The van der Waals surface area contributed by atoms with E-state index in [1.165, 1.54) is 16.7 Å². The fourth-order valence-corrected chi connectivity index (χ4v) is 2.64. The maximum absolute atomic E-state index is 5.87. The number of pyridine rings is 1. The number of nitrogens with zero attached hydrogens (tertiary/aromatic N) is 1. The van der Waals surface area contributed by atoms with Crippen molar-refractivity contribution in [1.82, 2.24) is 4.98 Å². The van der Waals surface area contributed by atoms with Gasteiger partial charge in [0.05, 0.1) is 11.9 Å². The summed E-state index contributed by atoms with van der Waals surface area (Å²) in [4.78, 5) is 5.09. The number of nitrogen functional groups attached to an aromatic ring is 1. The molecule has 0 aliphatic heterocycles. The van der Waals surface area contributed by atoms with Crippen molar-refractivity contribution in [1.29, 1.82) is 0 Å². The number of anilines is 1. The Kier molecular flexibility index (Phi) is 3.69. The van der Waals surface area contributed by atoms with Crippen molar-refractivity contribution in [2.45, 2.75) is 24.5 Å². The average Bonchev–Trinajstić information content (AvgIpc) is 2.32. The molecule has 0 bridgehead atoms. The summed E-state index contributed by atoms with van der Waals surface area (Å²) in [7, 11) is 0. The van der Waals surface area contributed by atoms with Crippen molar-refractivity contribution in [3.05, 3.63) is 53.3 Å². The van der Waals surface area contributed by atoms with Crippen LogP contribution in [0.15, 0.2) is 41.6 Å². The van der Waals surface area contributed by atoms with E-state index >= 15 is 0 Å². The van der Waals surface area contributed by atoms with Gasteiger partial charge in [0, 0.05) is 16.8 Å². The van der Waals surface area contributed by atoms with Crippen molar-refractivity contribution >= 4 is 17.4 Å². The number of thioether (sulfide) groups is 1. The summed E-state index contributed by atoms with van der Waals surface area (Å²) in [5.41, 5.74) is 10.6. The minimum Gasteiger partial charge on any atom is -0.397 e. The molecule has 2 nitrogen and oxygen atoms in total. The molecule has 88 valence electrons. The highest BCUT2D eigenvalue weighted by Crippen LogP contribution is 2.28.